The number of allylic oxidation sites excluding steroid dienone is 2. The van der Waals surface area contributed by atoms with Gasteiger partial charge in [0.15, 0.2) is 0 Å². The van der Waals surface area contributed by atoms with E-state index in [0.717, 1.165) is 6.92 Å². The highest BCUT2D eigenvalue weighted by Gasteiger charge is 2.48. The van der Waals surface area contributed by atoms with Crippen LogP contribution in [0.25, 0.3) is 0 Å². The Morgan fingerprint density at radius 3 is 1.64 bits per heavy atom. The van der Waals surface area contributed by atoms with Crippen molar-refractivity contribution in [2.24, 2.45) is 0 Å². The summed E-state index contributed by atoms with van der Waals surface area (Å²) < 4.78 is 85.6. The first-order valence-corrected chi connectivity index (χ1v) is 3.27. The van der Waals surface area contributed by atoms with Crippen molar-refractivity contribution in [1.29, 1.82) is 0 Å². The monoisotopic (exact) mass is 226 g/mol. The van der Waals surface area contributed by atoms with Gasteiger partial charge in [0, 0.05) is 0 Å². The van der Waals surface area contributed by atoms with Crippen molar-refractivity contribution in [3.05, 3.63) is 11.6 Å². The molecule has 0 aliphatic heterocycles. The largest absolute Gasteiger partial charge is 0.487 e. The summed E-state index contributed by atoms with van der Waals surface area (Å²) in [5.74, 6) is -5.92. The van der Waals surface area contributed by atoms with E-state index in [1.165, 1.54) is 0 Å². The molecule has 8 heteroatoms. The van der Waals surface area contributed by atoms with E-state index < -0.39 is 30.5 Å². The van der Waals surface area contributed by atoms with Crippen LogP contribution in [0.3, 0.4) is 0 Å². The quantitative estimate of drug-likeness (QED) is 0.518. The molecule has 0 aliphatic rings. The lowest BCUT2D eigenvalue weighted by molar-refractivity contribution is -0.155. The summed E-state index contributed by atoms with van der Waals surface area (Å²) >= 11 is 0. The van der Waals surface area contributed by atoms with Crippen LogP contribution >= 0.6 is 0 Å². The second-order valence-electron chi connectivity index (χ2n) is 2.07. The third-order valence-electron chi connectivity index (χ3n) is 0.994. The van der Waals surface area contributed by atoms with E-state index in [4.69, 9.17) is 0 Å². The molecule has 0 saturated heterocycles. The molecule has 0 bridgehead atoms. The van der Waals surface area contributed by atoms with Crippen LogP contribution in [-0.2, 0) is 4.74 Å². The van der Waals surface area contributed by atoms with Crippen LogP contribution in [0.1, 0.15) is 6.92 Å². The van der Waals surface area contributed by atoms with Crippen molar-refractivity contribution >= 4 is 0 Å². The molecule has 0 N–H and O–H groups in total. The third-order valence-corrected chi connectivity index (χ3v) is 0.994. The first kappa shape index (κ1) is 13.0. The molecule has 14 heavy (non-hydrogen) atoms. The average Bonchev–Trinajstić information content (AvgIpc) is 1.94. The van der Waals surface area contributed by atoms with E-state index in [1.54, 1.807) is 0 Å². The van der Waals surface area contributed by atoms with Crippen molar-refractivity contribution in [3.63, 3.8) is 0 Å². The van der Waals surface area contributed by atoms with Gasteiger partial charge in [-0.2, -0.15) is 30.7 Å². The van der Waals surface area contributed by atoms with Gasteiger partial charge >= 0.3 is 12.4 Å². The molecule has 0 aromatic carbocycles. The lowest BCUT2D eigenvalue weighted by atomic mass is 10.4. The fourth-order valence-corrected chi connectivity index (χ4v) is 0.543. The molecule has 0 aromatic heterocycles. The first-order valence-electron chi connectivity index (χ1n) is 3.27. The predicted molar refractivity (Wildman–Crippen MR) is 31.9 cm³/mol. The topological polar surface area (TPSA) is 9.23 Å². The highest BCUT2D eigenvalue weighted by molar-refractivity contribution is 5.11. The van der Waals surface area contributed by atoms with E-state index in [-0.39, 0.29) is 0 Å². The minimum atomic E-state index is -5.69. The molecule has 84 valence electrons. The lowest BCUT2D eigenvalue weighted by Crippen LogP contribution is -2.22. The first-order chi connectivity index (χ1) is 6.10. The zero-order chi connectivity index (χ0) is 11.6. The molecular weight excluding hydrogens is 221 g/mol. The van der Waals surface area contributed by atoms with Crippen LogP contribution in [-0.4, -0.2) is 19.0 Å². The third kappa shape index (κ3) is 3.43. The van der Waals surface area contributed by atoms with E-state index in [2.05, 4.69) is 4.74 Å². The highest BCUT2D eigenvalue weighted by atomic mass is 19.4. The molecule has 0 radical (unpaired) electrons. The number of hydrogen-bond donors (Lipinski definition) is 0. The molecule has 0 aliphatic carbocycles. The van der Waals surface area contributed by atoms with Gasteiger partial charge in [0.1, 0.15) is 0 Å². The highest BCUT2D eigenvalue weighted by Crippen LogP contribution is 2.37. The average molecular weight is 226 g/mol. The summed E-state index contributed by atoms with van der Waals surface area (Å²) in [6.45, 7) is 0.299. The molecule has 0 heterocycles. The maximum absolute atomic E-state index is 12.2. The summed E-state index contributed by atoms with van der Waals surface area (Å²) in [5.41, 5.74) is 0. The van der Waals surface area contributed by atoms with Crippen molar-refractivity contribution in [3.8, 4) is 0 Å². The van der Waals surface area contributed by atoms with Crippen LogP contribution in [0.15, 0.2) is 11.6 Å². The van der Waals surface area contributed by atoms with E-state index in [9.17, 15) is 30.7 Å². The van der Waals surface area contributed by atoms with E-state index >= 15 is 0 Å². The van der Waals surface area contributed by atoms with Gasteiger partial charge < -0.3 is 4.74 Å². The zero-order valence-corrected chi connectivity index (χ0v) is 6.76. The maximum atomic E-state index is 12.2. The molecule has 0 aromatic rings. The molecule has 1 nitrogen and oxygen atoms in total. The number of rotatable bonds is 2. The molecule has 0 unspecified atom stereocenters. The standard InChI is InChI=1S/C6H5F7O/c1-2-14-4(6(11,12)13)3(7)5(8,9)10/h2H2,1H3/b4-3+. The van der Waals surface area contributed by atoms with Crippen molar-refractivity contribution in [1.82, 2.24) is 0 Å². The second kappa shape index (κ2) is 4.05. The summed E-state index contributed by atoms with van der Waals surface area (Å²) in [6.07, 6.45) is -11.2. The Hall–Kier alpha value is -0.950. The second-order valence-corrected chi connectivity index (χ2v) is 2.07. The van der Waals surface area contributed by atoms with Crippen molar-refractivity contribution < 1.29 is 35.5 Å². The smallest absolute Gasteiger partial charge is 0.452 e. The van der Waals surface area contributed by atoms with Gasteiger partial charge in [0.25, 0.3) is 5.83 Å². The molecule has 0 amide bonds. The number of halogens is 7. The minimum absolute atomic E-state index is 0.710. The Kier molecular flexibility index (Phi) is 3.78. The van der Waals surface area contributed by atoms with Gasteiger partial charge in [-0.15, -0.1) is 0 Å². The Morgan fingerprint density at radius 1 is 1.00 bits per heavy atom. The van der Waals surface area contributed by atoms with Crippen LogP contribution < -0.4 is 0 Å². The minimum Gasteiger partial charge on any atom is -0.487 e. The van der Waals surface area contributed by atoms with Crippen molar-refractivity contribution in [2.75, 3.05) is 6.61 Å². The van der Waals surface area contributed by atoms with Gasteiger partial charge in [-0.1, -0.05) is 0 Å². The summed E-state index contributed by atoms with van der Waals surface area (Å²) in [4.78, 5) is 0. The predicted octanol–water partition coefficient (Wildman–Crippen LogP) is 3.33. The summed E-state index contributed by atoms with van der Waals surface area (Å²) in [5, 5.41) is 0. The van der Waals surface area contributed by atoms with Crippen LogP contribution in [0, 0.1) is 0 Å². The fraction of sp³-hybridized carbons (Fsp3) is 0.667. The van der Waals surface area contributed by atoms with Gasteiger partial charge in [0.05, 0.1) is 6.61 Å². The molecule has 0 atom stereocenters. The Labute approximate surface area is 74.1 Å². The SMILES string of the molecule is CCO/C(=C(/F)C(F)(F)F)C(F)(F)F. The Balaban J connectivity index is 5.17. The van der Waals surface area contributed by atoms with Gasteiger partial charge in [-0.05, 0) is 6.92 Å². The van der Waals surface area contributed by atoms with Crippen LogP contribution in [0.4, 0.5) is 30.7 Å². The molecular formula is C6H5F7O. The number of hydrogen-bond acceptors (Lipinski definition) is 1. The molecule has 0 saturated carbocycles. The molecule has 0 fully saturated rings. The normalized spacial score (nSPS) is 15.1. The number of alkyl halides is 6. The van der Waals surface area contributed by atoms with Gasteiger partial charge in [-0.25, -0.2) is 0 Å². The van der Waals surface area contributed by atoms with Crippen LogP contribution in [0.2, 0.25) is 0 Å². The van der Waals surface area contributed by atoms with Crippen LogP contribution in [0.5, 0.6) is 0 Å². The van der Waals surface area contributed by atoms with E-state index in [1.807, 2.05) is 0 Å². The van der Waals surface area contributed by atoms with Gasteiger partial charge in [-0.3, -0.25) is 0 Å². The fourth-order valence-electron chi connectivity index (χ4n) is 0.543. The van der Waals surface area contributed by atoms with E-state index in [0.29, 0.717) is 0 Å². The number of ether oxygens (including phenoxy) is 1. The summed E-state index contributed by atoms with van der Waals surface area (Å²) in [7, 11) is 0. The maximum Gasteiger partial charge on any atom is 0.452 e. The summed E-state index contributed by atoms with van der Waals surface area (Å²) in [6, 6.07) is 0. The molecule has 0 spiro atoms. The Bertz CT molecular complexity index is 223. The Morgan fingerprint density at radius 2 is 1.43 bits per heavy atom. The zero-order valence-electron chi connectivity index (χ0n) is 6.76. The molecule has 0 rings (SSSR count). The lowest BCUT2D eigenvalue weighted by Gasteiger charge is -2.14. The van der Waals surface area contributed by atoms with Gasteiger partial charge in [0.2, 0.25) is 5.76 Å². The van der Waals surface area contributed by atoms with Crippen molar-refractivity contribution in [2.45, 2.75) is 19.3 Å².